The molecule has 0 bridgehead atoms. The number of rotatable bonds is 4. The molecule has 2 nitrogen and oxygen atoms in total. The van der Waals surface area contributed by atoms with Crippen LogP contribution in [-0.4, -0.2) is 6.54 Å². The molecule has 0 saturated heterocycles. The van der Waals surface area contributed by atoms with Gasteiger partial charge >= 0.3 is 0 Å². The van der Waals surface area contributed by atoms with Gasteiger partial charge in [0.1, 0.15) is 0 Å². The highest BCUT2D eigenvalue weighted by molar-refractivity contribution is 5.00. The average Bonchev–Trinajstić information content (AvgIpc) is 2.61. The number of hydrogen-bond donors (Lipinski definition) is 1. The summed E-state index contributed by atoms with van der Waals surface area (Å²) < 4.78 is 0. The quantitative estimate of drug-likeness (QED) is 0.491. The van der Waals surface area contributed by atoms with Crippen LogP contribution in [0, 0.1) is 11.8 Å². The maximum absolute atomic E-state index is 6.25. The van der Waals surface area contributed by atoms with Crippen molar-refractivity contribution in [2.75, 3.05) is 6.54 Å². The number of nitrogens with zero attached hydrogens (tertiary/aromatic N) is 1. The number of hydrogen-bond acceptors (Lipinski definition) is 1. The second-order valence-electron chi connectivity index (χ2n) is 2.75. The van der Waals surface area contributed by atoms with Crippen LogP contribution in [-0.2, 0) is 0 Å². The Morgan fingerprint density at radius 1 is 1.17 bits per heavy atom. The number of unbranched alkanes of at least 4 members (excludes halogenated alkanes) is 2. The molecular weight excluding hydrogens is 148 g/mol. The van der Waals surface area contributed by atoms with E-state index in [1.165, 1.54) is 30.7 Å². The molecule has 1 aliphatic heterocycles. The van der Waals surface area contributed by atoms with Crippen molar-refractivity contribution in [1.82, 2.24) is 0 Å². The van der Waals surface area contributed by atoms with Gasteiger partial charge in [-0.1, -0.05) is 13.3 Å². The van der Waals surface area contributed by atoms with Gasteiger partial charge in [0.2, 0.25) is 0 Å². The van der Waals surface area contributed by atoms with E-state index in [-0.39, 0.29) is 0 Å². The van der Waals surface area contributed by atoms with Crippen LogP contribution in [0.5, 0.6) is 0 Å². The predicted molar refractivity (Wildman–Crippen MR) is 48.6 cm³/mol. The minimum absolute atomic E-state index is 1.26. The van der Waals surface area contributed by atoms with Crippen molar-refractivity contribution < 1.29 is 4.90 Å². The lowest BCUT2D eigenvalue weighted by Crippen LogP contribution is -3.01. The third-order valence-corrected chi connectivity index (χ3v) is 1.80. The van der Waals surface area contributed by atoms with E-state index < -0.39 is 0 Å². The summed E-state index contributed by atoms with van der Waals surface area (Å²) in [6.45, 7) is 8.26. The van der Waals surface area contributed by atoms with Gasteiger partial charge in [-0.25, -0.2) is 0 Å². The molecule has 0 aromatic carbocycles. The molecule has 1 heterocycles. The van der Waals surface area contributed by atoms with Crippen LogP contribution < -0.4 is 4.90 Å². The van der Waals surface area contributed by atoms with E-state index >= 15 is 0 Å². The maximum atomic E-state index is 6.25. The van der Waals surface area contributed by atoms with Gasteiger partial charge in [-0.3, -0.25) is 4.90 Å². The Labute approximate surface area is 74.8 Å². The number of allylic oxidation sites excluding steroid dienone is 2. The summed E-state index contributed by atoms with van der Waals surface area (Å²) in [5.41, 5.74) is 0. The topological polar surface area (TPSA) is 28.2 Å². The zero-order chi connectivity index (χ0) is 9.23. The Kier molecular flexibility index (Phi) is 7.31. The Bertz CT molecular complexity index is 156. The molecule has 1 rings (SSSR count). The molecule has 0 fully saturated rings. The highest BCUT2D eigenvalue weighted by atomic mass is 15.1. The Hall–Kier alpha value is -1.07. The third-order valence-electron chi connectivity index (χ3n) is 1.80. The molecule has 12 heavy (non-hydrogen) atoms. The highest BCUT2D eigenvalue weighted by Gasteiger charge is 2.01. The van der Waals surface area contributed by atoms with Crippen LogP contribution in [0.2, 0.25) is 0 Å². The number of quaternary nitrogens is 1. The molecule has 0 radical (unpaired) electrons. The van der Waals surface area contributed by atoms with Gasteiger partial charge in [0.05, 0.1) is 18.9 Å². The normalized spacial score (nSPS) is 14.2. The van der Waals surface area contributed by atoms with Crippen molar-refractivity contribution in [1.29, 1.82) is 5.26 Å². The minimum Gasteiger partial charge on any atom is -0.512 e. The fourth-order valence-electron chi connectivity index (χ4n) is 1.16. The summed E-state index contributed by atoms with van der Waals surface area (Å²) in [5, 5.41) is 6.25. The first-order valence-corrected chi connectivity index (χ1v) is 4.36. The first kappa shape index (κ1) is 10.9. The van der Waals surface area contributed by atoms with Gasteiger partial charge in [0.15, 0.2) is 0 Å². The van der Waals surface area contributed by atoms with Gasteiger partial charge in [-0.2, -0.15) is 0 Å². The molecule has 0 spiro atoms. The number of nitrogens with one attached hydrogen (secondary N) is 1. The van der Waals surface area contributed by atoms with E-state index in [9.17, 15) is 0 Å². The molecule has 0 amide bonds. The van der Waals surface area contributed by atoms with Gasteiger partial charge in [0.25, 0.3) is 0 Å². The van der Waals surface area contributed by atoms with E-state index in [0.29, 0.717) is 0 Å². The molecule has 1 aliphatic rings. The van der Waals surface area contributed by atoms with Gasteiger partial charge < -0.3 is 11.8 Å². The third kappa shape index (κ3) is 4.70. The van der Waals surface area contributed by atoms with Crippen molar-refractivity contribution in [3.63, 3.8) is 0 Å². The molecule has 2 heteroatoms. The summed E-state index contributed by atoms with van der Waals surface area (Å²) in [4.78, 5) is 1.49. The zero-order valence-corrected chi connectivity index (χ0v) is 7.59. The van der Waals surface area contributed by atoms with Crippen LogP contribution >= 0.6 is 0 Å². The van der Waals surface area contributed by atoms with Crippen LogP contribution in [0.25, 0.3) is 0 Å². The lowest BCUT2D eigenvalue weighted by molar-refractivity contribution is -0.787. The maximum Gasteiger partial charge on any atom is 0.0990 e. The molecule has 0 saturated carbocycles. The lowest BCUT2D eigenvalue weighted by Gasteiger charge is -2.04. The standard InChI is InChI=1S/C9H15N.CN/c1-2-3-4-7-10-8-5-6-9-10;1-2/h5-6,8-9H,2-4,7H2,1H3;/q;-1/p+1. The first-order chi connectivity index (χ1) is 5.93. The van der Waals surface area contributed by atoms with Gasteiger partial charge in [0, 0.05) is 0 Å². The van der Waals surface area contributed by atoms with Crippen LogP contribution in [0.15, 0.2) is 24.6 Å². The van der Waals surface area contributed by atoms with E-state index in [1.807, 2.05) is 0 Å². The smallest absolute Gasteiger partial charge is 0.0990 e. The summed E-state index contributed by atoms with van der Waals surface area (Å²) in [7, 11) is 0. The van der Waals surface area contributed by atoms with Gasteiger partial charge in [-0.15, -0.1) is 0 Å². The van der Waals surface area contributed by atoms with Crippen molar-refractivity contribution in [3.8, 4) is 0 Å². The van der Waals surface area contributed by atoms with Crippen molar-refractivity contribution >= 4 is 0 Å². The van der Waals surface area contributed by atoms with Crippen molar-refractivity contribution in [2.24, 2.45) is 0 Å². The summed E-state index contributed by atoms with van der Waals surface area (Å²) in [6, 6.07) is 0. The molecule has 1 N–H and O–H groups in total. The second-order valence-corrected chi connectivity index (χ2v) is 2.75. The van der Waals surface area contributed by atoms with E-state index in [2.05, 4.69) is 31.5 Å². The molecule has 0 unspecified atom stereocenters. The molecular formula is C10H16N2. The Morgan fingerprint density at radius 2 is 1.75 bits per heavy atom. The molecule has 0 atom stereocenters. The van der Waals surface area contributed by atoms with E-state index in [0.717, 1.165) is 0 Å². The largest absolute Gasteiger partial charge is 0.512 e. The Balaban J connectivity index is 0.000000561. The zero-order valence-electron chi connectivity index (χ0n) is 7.59. The fraction of sp³-hybridized carbons (Fsp3) is 0.500. The summed E-state index contributed by atoms with van der Waals surface area (Å²) >= 11 is 0. The van der Waals surface area contributed by atoms with Crippen molar-refractivity contribution in [2.45, 2.75) is 26.2 Å². The monoisotopic (exact) mass is 164 g/mol. The molecule has 0 aliphatic carbocycles. The molecule has 0 aromatic rings. The van der Waals surface area contributed by atoms with Crippen molar-refractivity contribution in [3.05, 3.63) is 31.1 Å². The summed E-state index contributed by atoms with van der Waals surface area (Å²) in [5.74, 6) is 0. The lowest BCUT2D eigenvalue weighted by atomic mass is 10.2. The van der Waals surface area contributed by atoms with E-state index in [4.69, 9.17) is 11.8 Å². The first-order valence-electron chi connectivity index (χ1n) is 4.36. The Morgan fingerprint density at radius 3 is 2.25 bits per heavy atom. The minimum atomic E-state index is 1.26. The fourth-order valence-corrected chi connectivity index (χ4v) is 1.16. The van der Waals surface area contributed by atoms with Crippen LogP contribution in [0.3, 0.4) is 0 Å². The summed E-state index contributed by atoms with van der Waals surface area (Å²) in [6.07, 6.45) is 12.7. The van der Waals surface area contributed by atoms with E-state index in [1.54, 1.807) is 0 Å². The molecule has 66 valence electrons. The highest BCUT2D eigenvalue weighted by Crippen LogP contribution is 1.90. The SMILES string of the molecule is CCCCC[NH+]1C=CC=C1.[C-]#N. The predicted octanol–water partition coefficient (Wildman–Crippen LogP) is 1.20. The molecule has 0 aromatic heterocycles. The van der Waals surface area contributed by atoms with Gasteiger partial charge in [-0.05, 0) is 25.0 Å². The second kappa shape index (κ2) is 8.03. The van der Waals surface area contributed by atoms with Crippen LogP contribution in [0.1, 0.15) is 26.2 Å². The van der Waals surface area contributed by atoms with Crippen LogP contribution in [0.4, 0.5) is 0 Å². The average molecular weight is 164 g/mol.